The number of aromatic nitrogens is 3. The summed E-state index contributed by atoms with van der Waals surface area (Å²) in [7, 11) is 0. The number of hydrogen-bond acceptors (Lipinski definition) is 4. The van der Waals surface area contributed by atoms with Crippen molar-refractivity contribution in [1.29, 1.82) is 0 Å². The van der Waals surface area contributed by atoms with Gasteiger partial charge in [0.1, 0.15) is 5.82 Å². The van der Waals surface area contributed by atoms with Crippen LogP contribution < -0.4 is 10.1 Å². The van der Waals surface area contributed by atoms with E-state index < -0.39 is 0 Å². The number of halogens is 1. The van der Waals surface area contributed by atoms with Crippen LogP contribution in [0.4, 0.5) is 4.39 Å². The van der Waals surface area contributed by atoms with Gasteiger partial charge in [0.05, 0.1) is 18.6 Å². The van der Waals surface area contributed by atoms with Gasteiger partial charge >= 0.3 is 0 Å². The van der Waals surface area contributed by atoms with Gasteiger partial charge in [0.25, 0.3) is 0 Å². The summed E-state index contributed by atoms with van der Waals surface area (Å²) < 4.78 is 20.7. The van der Waals surface area contributed by atoms with E-state index in [9.17, 15) is 4.39 Å². The van der Waals surface area contributed by atoms with Gasteiger partial charge in [-0.3, -0.25) is 4.68 Å². The third-order valence-corrected chi connectivity index (χ3v) is 2.74. The molecule has 0 amide bonds. The number of aryl methyl sites for hydroxylation is 1. The Bertz CT molecular complexity index is 568. The van der Waals surface area contributed by atoms with E-state index >= 15 is 0 Å². The van der Waals surface area contributed by atoms with E-state index in [2.05, 4.69) is 15.4 Å². The van der Waals surface area contributed by atoms with Crippen LogP contribution >= 0.6 is 0 Å². The minimum absolute atomic E-state index is 0.300. The zero-order chi connectivity index (χ0) is 14.5. The van der Waals surface area contributed by atoms with Gasteiger partial charge in [-0.05, 0) is 13.0 Å². The van der Waals surface area contributed by atoms with Gasteiger partial charge in [-0.1, -0.05) is 13.8 Å². The molecule has 0 aliphatic carbocycles. The lowest BCUT2D eigenvalue weighted by Crippen LogP contribution is -2.22. The van der Waals surface area contributed by atoms with Gasteiger partial charge in [0.2, 0.25) is 5.88 Å². The Hall–Kier alpha value is -1.95. The van der Waals surface area contributed by atoms with Crippen molar-refractivity contribution in [3.63, 3.8) is 0 Å². The molecular formula is C14H19FN4O. The summed E-state index contributed by atoms with van der Waals surface area (Å²) in [6, 6.07) is 1.73. The van der Waals surface area contributed by atoms with Gasteiger partial charge in [-0.25, -0.2) is 9.37 Å². The molecule has 2 rings (SSSR count). The number of nitrogens with zero attached hydrogens (tertiary/aromatic N) is 3. The lowest BCUT2D eigenvalue weighted by atomic mass is 10.2. The number of pyridine rings is 1. The van der Waals surface area contributed by atoms with Gasteiger partial charge < -0.3 is 10.1 Å². The molecule has 2 aromatic rings. The van der Waals surface area contributed by atoms with Crippen molar-refractivity contribution in [2.45, 2.75) is 39.9 Å². The molecule has 0 unspecified atom stereocenters. The second-order valence-electron chi connectivity index (χ2n) is 4.79. The molecule has 0 saturated heterocycles. The molecule has 2 aromatic heterocycles. The molecule has 6 heteroatoms. The Morgan fingerprint density at radius 2 is 2.20 bits per heavy atom. The average Bonchev–Trinajstić information content (AvgIpc) is 2.86. The second kappa shape index (κ2) is 6.47. The first-order chi connectivity index (χ1) is 9.58. The largest absolute Gasteiger partial charge is 0.435 e. The minimum atomic E-state index is -0.373. The van der Waals surface area contributed by atoms with E-state index in [-0.39, 0.29) is 5.82 Å². The Morgan fingerprint density at radius 1 is 1.40 bits per heavy atom. The van der Waals surface area contributed by atoms with Crippen LogP contribution in [0.2, 0.25) is 0 Å². The van der Waals surface area contributed by atoms with Crippen LogP contribution in [-0.2, 0) is 13.1 Å². The standard InChI is InChI=1S/C14H19FN4O/c1-4-19-9-13(8-18-19)20-14-11(6-16-10(2)3)5-12(15)7-17-14/h5,7-10,16H,4,6H2,1-3H3. The summed E-state index contributed by atoms with van der Waals surface area (Å²) in [5.74, 6) is 0.620. The second-order valence-corrected chi connectivity index (χ2v) is 4.79. The van der Waals surface area contributed by atoms with Crippen LogP contribution in [0.5, 0.6) is 11.6 Å². The Labute approximate surface area is 117 Å². The zero-order valence-corrected chi connectivity index (χ0v) is 11.9. The van der Waals surface area contributed by atoms with E-state index in [1.165, 1.54) is 6.07 Å². The Morgan fingerprint density at radius 3 is 2.85 bits per heavy atom. The van der Waals surface area contributed by atoms with Crippen molar-refractivity contribution in [1.82, 2.24) is 20.1 Å². The first-order valence-corrected chi connectivity index (χ1v) is 6.66. The molecule has 1 N–H and O–H groups in total. The highest BCUT2D eigenvalue weighted by Gasteiger charge is 2.10. The average molecular weight is 278 g/mol. The molecule has 0 saturated carbocycles. The minimum Gasteiger partial charge on any atom is -0.435 e. The lowest BCUT2D eigenvalue weighted by molar-refractivity contribution is 0.444. The normalized spacial score (nSPS) is 11.1. The fourth-order valence-electron chi connectivity index (χ4n) is 1.68. The summed E-state index contributed by atoms with van der Waals surface area (Å²) in [6.07, 6.45) is 4.55. The van der Waals surface area contributed by atoms with Crippen molar-refractivity contribution in [2.75, 3.05) is 0 Å². The summed E-state index contributed by atoms with van der Waals surface area (Å²) in [4.78, 5) is 4.01. The Balaban J connectivity index is 2.17. The zero-order valence-electron chi connectivity index (χ0n) is 11.9. The number of rotatable bonds is 6. The molecule has 2 heterocycles. The molecule has 0 aliphatic rings. The van der Waals surface area contributed by atoms with Crippen molar-refractivity contribution in [3.8, 4) is 11.6 Å². The molecule has 0 atom stereocenters. The predicted octanol–water partition coefficient (Wildman–Crippen LogP) is 2.73. The molecular weight excluding hydrogens is 259 g/mol. The highest BCUT2D eigenvalue weighted by atomic mass is 19.1. The van der Waals surface area contributed by atoms with Crippen molar-refractivity contribution >= 4 is 0 Å². The highest BCUT2D eigenvalue weighted by molar-refractivity contribution is 5.30. The fourth-order valence-corrected chi connectivity index (χ4v) is 1.68. The van der Waals surface area contributed by atoms with Crippen LogP contribution in [0.15, 0.2) is 24.7 Å². The SMILES string of the molecule is CCn1cc(Oc2ncc(F)cc2CNC(C)C)cn1. The van der Waals surface area contributed by atoms with Gasteiger partial charge in [-0.15, -0.1) is 0 Å². The number of hydrogen-bond donors (Lipinski definition) is 1. The topological polar surface area (TPSA) is 52.0 Å². The summed E-state index contributed by atoms with van der Waals surface area (Å²) >= 11 is 0. The maximum Gasteiger partial charge on any atom is 0.224 e. The van der Waals surface area contributed by atoms with E-state index in [0.717, 1.165) is 12.7 Å². The first kappa shape index (κ1) is 14.5. The quantitative estimate of drug-likeness (QED) is 0.882. The summed E-state index contributed by atoms with van der Waals surface area (Å²) in [5, 5.41) is 7.35. The maximum atomic E-state index is 13.3. The van der Waals surface area contributed by atoms with E-state index in [1.807, 2.05) is 20.8 Å². The van der Waals surface area contributed by atoms with Gasteiger partial charge in [0.15, 0.2) is 5.75 Å². The van der Waals surface area contributed by atoms with E-state index in [1.54, 1.807) is 17.1 Å². The fraction of sp³-hybridized carbons (Fsp3) is 0.429. The predicted molar refractivity (Wildman–Crippen MR) is 74.1 cm³/mol. The molecule has 0 radical (unpaired) electrons. The molecule has 0 fully saturated rings. The van der Waals surface area contributed by atoms with Gasteiger partial charge in [-0.2, -0.15) is 5.10 Å². The van der Waals surface area contributed by atoms with Crippen molar-refractivity contribution in [2.24, 2.45) is 0 Å². The van der Waals surface area contributed by atoms with Crippen molar-refractivity contribution < 1.29 is 9.13 Å². The molecule has 0 aliphatic heterocycles. The smallest absolute Gasteiger partial charge is 0.224 e. The number of ether oxygens (including phenoxy) is 1. The monoisotopic (exact) mass is 278 g/mol. The summed E-state index contributed by atoms with van der Waals surface area (Å²) in [5.41, 5.74) is 0.683. The number of nitrogens with one attached hydrogen (secondary N) is 1. The van der Waals surface area contributed by atoms with E-state index in [0.29, 0.717) is 29.8 Å². The maximum absolute atomic E-state index is 13.3. The third kappa shape index (κ3) is 3.77. The van der Waals surface area contributed by atoms with Gasteiger partial charge in [0, 0.05) is 24.7 Å². The molecule has 0 bridgehead atoms. The third-order valence-electron chi connectivity index (χ3n) is 2.74. The first-order valence-electron chi connectivity index (χ1n) is 6.66. The van der Waals surface area contributed by atoms with E-state index in [4.69, 9.17) is 4.74 Å². The van der Waals surface area contributed by atoms with Crippen LogP contribution in [0, 0.1) is 5.82 Å². The molecule has 108 valence electrons. The highest BCUT2D eigenvalue weighted by Crippen LogP contribution is 2.23. The van der Waals surface area contributed by atoms with Crippen LogP contribution in [0.1, 0.15) is 26.3 Å². The lowest BCUT2D eigenvalue weighted by Gasteiger charge is -2.11. The molecule has 0 aromatic carbocycles. The Kier molecular flexibility index (Phi) is 4.68. The summed E-state index contributed by atoms with van der Waals surface area (Å²) in [6.45, 7) is 7.31. The molecule has 20 heavy (non-hydrogen) atoms. The van der Waals surface area contributed by atoms with Crippen LogP contribution in [0.3, 0.4) is 0 Å². The molecule has 5 nitrogen and oxygen atoms in total. The molecule has 0 spiro atoms. The van der Waals surface area contributed by atoms with Crippen molar-refractivity contribution in [3.05, 3.63) is 36.0 Å². The van der Waals surface area contributed by atoms with Crippen LogP contribution in [-0.4, -0.2) is 20.8 Å². The van der Waals surface area contributed by atoms with Crippen LogP contribution in [0.25, 0.3) is 0 Å².